The van der Waals surface area contributed by atoms with Crippen LogP contribution in [0, 0.1) is 10.8 Å². The SMILES string of the molecule is C=C(C)C(=O)OCC(CO)(CO)CO.C=C(C)C(=O)OCC(CO)(CO)CO.N[C@@H](CCC(=O)O)C(=O)O.N[C@@H](CCC(=O)O)C(=O)O.[H-].[H-].[Mg+2]. The Morgan fingerprint density at radius 1 is 0.592 bits per heavy atom. The first-order chi connectivity index (χ1) is 22.1. The molecule has 0 heterocycles. The molecule has 0 bridgehead atoms. The molecule has 20 nitrogen and oxygen atoms in total. The molecule has 0 saturated carbocycles. The number of carbonyl (C=O) groups is 6. The number of hydrogen-bond acceptors (Lipinski definition) is 16. The predicted molar refractivity (Wildman–Crippen MR) is 172 cm³/mol. The van der Waals surface area contributed by atoms with Crippen molar-refractivity contribution in [3.05, 3.63) is 24.3 Å². The van der Waals surface area contributed by atoms with Gasteiger partial charge in [-0.2, -0.15) is 0 Å². The Kier molecular flexibility index (Phi) is 34.7. The van der Waals surface area contributed by atoms with Crippen molar-refractivity contribution >= 4 is 58.9 Å². The minimum atomic E-state index is -1.18. The zero-order chi connectivity index (χ0) is 38.7. The van der Waals surface area contributed by atoms with Gasteiger partial charge in [0, 0.05) is 24.0 Å². The van der Waals surface area contributed by atoms with E-state index in [-0.39, 0.29) is 75.9 Å². The Morgan fingerprint density at radius 3 is 0.959 bits per heavy atom. The van der Waals surface area contributed by atoms with E-state index in [9.17, 15) is 28.8 Å². The van der Waals surface area contributed by atoms with Crippen LogP contribution in [0.1, 0.15) is 42.4 Å². The van der Waals surface area contributed by atoms with E-state index >= 15 is 0 Å². The molecule has 0 aromatic rings. The molecule has 0 aliphatic rings. The van der Waals surface area contributed by atoms with Crippen LogP contribution in [0.25, 0.3) is 0 Å². The van der Waals surface area contributed by atoms with Crippen LogP contribution in [0.3, 0.4) is 0 Å². The molecule has 0 aromatic heterocycles. The van der Waals surface area contributed by atoms with E-state index in [1.165, 1.54) is 13.8 Å². The number of aliphatic hydroxyl groups is 6. The number of carboxylic acids is 4. The van der Waals surface area contributed by atoms with Gasteiger partial charge in [0.1, 0.15) is 25.3 Å². The van der Waals surface area contributed by atoms with Crippen molar-refractivity contribution in [2.75, 3.05) is 52.9 Å². The third-order valence-corrected chi connectivity index (χ3v) is 5.70. The molecule has 284 valence electrons. The van der Waals surface area contributed by atoms with Gasteiger partial charge in [-0.15, -0.1) is 0 Å². The fraction of sp³-hybridized carbons (Fsp3) is 0.643. The molecule has 0 saturated heterocycles. The Labute approximate surface area is 301 Å². The number of carbonyl (C=O) groups excluding carboxylic acids is 2. The quantitative estimate of drug-likeness (QED) is 0.0329. The number of aliphatic hydroxyl groups excluding tert-OH is 6. The largest absolute Gasteiger partial charge is 2.00 e. The summed E-state index contributed by atoms with van der Waals surface area (Å²) in [5, 5.41) is 85.9. The van der Waals surface area contributed by atoms with Gasteiger partial charge < -0.3 is 74.9 Å². The fourth-order valence-electron chi connectivity index (χ4n) is 2.06. The summed E-state index contributed by atoms with van der Waals surface area (Å²) in [5.41, 5.74) is 8.11. The van der Waals surface area contributed by atoms with Crippen molar-refractivity contribution in [1.82, 2.24) is 0 Å². The molecule has 0 amide bonds. The van der Waals surface area contributed by atoms with Gasteiger partial charge in [0.15, 0.2) is 0 Å². The summed E-state index contributed by atoms with van der Waals surface area (Å²) in [6.07, 6.45) is -0.448. The molecule has 0 radical (unpaired) electrons. The minimum Gasteiger partial charge on any atom is -1.00 e. The maximum Gasteiger partial charge on any atom is 2.00 e. The van der Waals surface area contributed by atoms with Crippen molar-refractivity contribution in [1.29, 1.82) is 0 Å². The molecule has 0 unspecified atom stereocenters. The normalized spacial score (nSPS) is 11.5. The number of ether oxygens (including phenoxy) is 2. The van der Waals surface area contributed by atoms with E-state index in [1.807, 2.05) is 0 Å². The summed E-state index contributed by atoms with van der Waals surface area (Å²) < 4.78 is 9.45. The van der Waals surface area contributed by atoms with Crippen molar-refractivity contribution in [3.8, 4) is 0 Å². The summed E-state index contributed by atoms with van der Waals surface area (Å²) in [4.78, 5) is 61.7. The number of hydrogen-bond donors (Lipinski definition) is 12. The molecule has 14 N–H and O–H groups in total. The van der Waals surface area contributed by atoms with Gasteiger partial charge in [0.2, 0.25) is 0 Å². The van der Waals surface area contributed by atoms with Crippen molar-refractivity contribution < 1.29 is 92.2 Å². The molecule has 2 atom stereocenters. The van der Waals surface area contributed by atoms with Crippen molar-refractivity contribution in [2.45, 2.75) is 51.6 Å². The zero-order valence-corrected chi connectivity index (χ0v) is 29.1. The van der Waals surface area contributed by atoms with Gasteiger partial charge in [-0.1, -0.05) is 13.2 Å². The van der Waals surface area contributed by atoms with Crippen LogP contribution in [0.4, 0.5) is 0 Å². The third-order valence-electron chi connectivity index (χ3n) is 5.70. The van der Waals surface area contributed by atoms with Crippen LogP contribution in [0.5, 0.6) is 0 Å². The first kappa shape index (κ1) is 55.2. The molecule has 0 rings (SSSR count). The van der Waals surface area contributed by atoms with Crippen LogP contribution in [0.15, 0.2) is 24.3 Å². The second-order valence-electron chi connectivity index (χ2n) is 10.4. The first-order valence-corrected chi connectivity index (χ1v) is 13.8. The third kappa shape index (κ3) is 29.4. The molecule has 0 spiro atoms. The van der Waals surface area contributed by atoms with E-state index < -0.39 is 98.4 Å². The smallest absolute Gasteiger partial charge is 1.00 e. The molecular formula is C28H52MgN2O18. The van der Waals surface area contributed by atoms with E-state index in [1.54, 1.807) is 0 Å². The first-order valence-electron chi connectivity index (χ1n) is 13.8. The number of rotatable bonds is 20. The van der Waals surface area contributed by atoms with Crippen LogP contribution in [-0.2, 0) is 38.2 Å². The molecule has 49 heavy (non-hydrogen) atoms. The fourth-order valence-corrected chi connectivity index (χ4v) is 2.06. The Morgan fingerprint density at radius 2 is 0.816 bits per heavy atom. The standard InChI is InChI=1S/2C9H16O5.2C5H9NO4.Mg.2H/c2*1-7(2)8(13)14-6-9(3-10,4-11)5-12;2*6-3(5(9)10)1-2-4(7)8;;;/h2*10-12H,1,3-6H2,2H3;2*3H,1-2,6H2,(H,7,8)(H,9,10);;;/q;;;;+2;2*-1/t;;2*3-;;;/m..00.../s1. The number of esters is 2. The predicted octanol–water partition coefficient (Wildman–Crippen LogP) is -3.49. The Bertz CT molecular complexity index is 947. The molecule has 0 fully saturated rings. The molecule has 0 aromatic carbocycles. The van der Waals surface area contributed by atoms with Crippen molar-refractivity contribution in [3.63, 3.8) is 0 Å². The van der Waals surface area contributed by atoms with E-state index in [4.69, 9.17) is 72.0 Å². The van der Waals surface area contributed by atoms with Gasteiger partial charge in [-0.05, 0) is 26.7 Å². The summed E-state index contributed by atoms with van der Waals surface area (Å²) in [5.74, 6) is -5.61. The summed E-state index contributed by atoms with van der Waals surface area (Å²) >= 11 is 0. The van der Waals surface area contributed by atoms with E-state index in [0.717, 1.165) is 0 Å². The van der Waals surface area contributed by atoms with Crippen LogP contribution >= 0.6 is 0 Å². The van der Waals surface area contributed by atoms with E-state index in [2.05, 4.69) is 13.2 Å². The molecule has 0 aliphatic carbocycles. The maximum atomic E-state index is 11.0. The number of nitrogens with two attached hydrogens (primary N) is 2. The van der Waals surface area contributed by atoms with E-state index in [0.29, 0.717) is 0 Å². The topological polar surface area (TPSA) is 375 Å². The minimum absolute atomic E-state index is 0. The maximum absolute atomic E-state index is 11.0. The summed E-state index contributed by atoms with van der Waals surface area (Å²) in [6, 6.07) is -2.12. The second kappa shape index (κ2) is 30.8. The van der Waals surface area contributed by atoms with Gasteiger partial charge in [0.05, 0.1) is 50.5 Å². The monoisotopic (exact) mass is 728 g/mol. The van der Waals surface area contributed by atoms with Gasteiger partial charge in [0.25, 0.3) is 0 Å². The summed E-state index contributed by atoms with van der Waals surface area (Å²) in [6.45, 7) is 6.52. The second-order valence-corrected chi connectivity index (χ2v) is 10.4. The van der Waals surface area contributed by atoms with Gasteiger partial charge in [-0.25, -0.2) is 9.59 Å². The van der Waals surface area contributed by atoms with Gasteiger partial charge >= 0.3 is 58.9 Å². The molecular weight excluding hydrogens is 677 g/mol. The van der Waals surface area contributed by atoms with Crippen molar-refractivity contribution in [2.24, 2.45) is 22.3 Å². The average Bonchev–Trinajstić information content (AvgIpc) is 3.04. The Balaban J connectivity index is -0.000000100. The zero-order valence-electron chi connectivity index (χ0n) is 29.7. The van der Waals surface area contributed by atoms with Crippen LogP contribution in [0.2, 0.25) is 0 Å². The Hall–Kier alpha value is -3.25. The number of aliphatic carboxylic acids is 4. The molecule has 0 aliphatic heterocycles. The van der Waals surface area contributed by atoms with Crippen LogP contribution < -0.4 is 11.5 Å². The van der Waals surface area contributed by atoms with Crippen LogP contribution in [-0.4, -0.2) is 175 Å². The number of carboxylic acid groups (broad SMARTS) is 4. The van der Waals surface area contributed by atoms with Gasteiger partial charge in [-0.3, -0.25) is 19.2 Å². The average molecular weight is 729 g/mol. The summed E-state index contributed by atoms with van der Waals surface area (Å²) in [7, 11) is 0. The molecule has 21 heteroatoms.